The minimum absolute atomic E-state index is 0.242. The highest BCUT2D eigenvalue weighted by Gasteiger charge is 2.15. The van der Waals surface area contributed by atoms with Crippen LogP contribution in [-0.4, -0.2) is 19.6 Å². The largest absolute Gasteiger partial charge is 0.465 e. The molecule has 1 aromatic carbocycles. The van der Waals surface area contributed by atoms with E-state index in [-0.39, 0.29) is 5.97 Å². The summed E-state index contributed by atoms with van der Waals surface area (Å²) in [6.07, 6.45) is 0.986. The second-order valence-corrected chi connectivity index (χ2v) is 3.85. The van der Waals surface area contributed by atoms with Gasteiger partial charge in [0.05, 0.1) is 12.7 Å². The van der Waals surface area contributed by atoms with Gasteiger partial charge in [-0.15, -0.1) is 0 Å². The van der Waals surface area contributed by atoms with Crippen LogP contribution in [-0.2, 0) is 17.7 Å². The molecule has 1 N–H and O–H groups in total. The molecule has 0 amide bonds. The number of aryl methyl sites for hydroxylation is 1. The Morgan fingerprint density at radius 3 is 2.93 bits per heavy atom. The summed E-state index contributed by atoms with van der Waals surface area (Å²) in [5, 5.41) is 3.31. The van der Waals surface area contributed by atoms with Crippen molar-refractivity contribution >= 4 is 5.97 Å². The van der Waals surface area contributed by atoms with Crippen molar-refractivity contribution in [1.82, 2.24) is 5.32 Å². The van der Waals surface area contributed by atoms with Crippen LogP contribution in [0, 0.1) is 6.92 Å². The Balaban J connectivity index is 2.44. The first-order valence-corrected chi connectivity index (χ1v) is 5.14. The zero-order valence-corrected chi connectivity index (χ0v) is 9.09. The molecule has 0 bridgehead atoms. The summed E-state index contributed by atoms with van der Waals surface area (Å²) in [4.78, 5) is 11.5. The van der Waals surface area contributed by atoms with Gasteiger partial charge in [0.25, 0.3) is 0 Å². The molecule has 0 aliphatic carbocycles. The fourth-order valence-electron chi connectivity index (χ4n) is 1.99. The van der Waals surface area contributed by atoms with Crippen LogP contribution in [0.25, 0.3) is 0 Å². The van der Waals surface area contributed by atoms with Crippen molar-refractivity contribution in [2.45, 2.75) is 19.9 Å². The van der Waals surface area contributed by atoms with Crippen LogP contribution in [0.5, 0.6) is 0 Å². The van der Waals surface area contributed by atoms with E-state index in [2.05, 4.69) is 11.4 Å². The quantitative estimate of drug-likeness (QED) is 0.705. The number of fused-ring (bicyclic) bond motifs is 1. The summed E-state index contributed by atoms with van der Waals surface area (Å²) < 4.78 is 4.75. The van der Waals surface area contributed by atoms with E-state index in [0.29, 0.717) is 5.56 Å². The Morgan fingerprint density at radius 1 is 1.40 bits per heavy atom. The lowest BCUT2D eigenvalue weighted by Gasteiger charge is -2.18. The summed E-state index contributed by atoms with van der Waals surface area (Å²) in [5.74, 6) is -0.242. The maximum atomic E-state index is 11.5. The van der Waals surface area contributed by atoms with Crippen LogP contribution in [0.15, 0.2) is 12.1 Å². The average molecular weight is 205 g/mol. The number of rotatable bonds is 1. The molecule has 1 aliphatic rings. The minimum Gasteiger partial charge on any atom is -0.465 e. The second-order valence-electron chi connectivity index (χ2n) is 3.85. The van der Waals surface area contributed by atoms with Gasteiger partial charge in [-0.05, 0) is 42.6 Å². The lowest BCUT2D eigenvalue weighted by molar-refractivity contribution is 0.0599. The third-order valence-corrected chi connectivity index (χ3v) is 2.84. The van der Waals surface area contributed by atoms with Crippen molar-refractivity contribution in [3.05, 3.63) is 34.4 Å². The van der Waals surface area contributed by atoms with E-state index in [0.717, 1.165) is 25.1 Å². The number of nitrogens with one attached hydrogen (secondary N) is 1. The van der Waals surface area contributed by atoms with E-state index in [4.69, 9.17) is 4.74 Å². The molecule has 15 heavy (non-hydrogen) atoms. The maximum absolute atomic E-state index is 11.5. The third kappa shape index (κ3) is 1.88. The maximum Gasteiger partial charge on any atom is 0.338 e. The molecule has 1 heterocycles. The van der Waals surface area contributed by atoms with E-state index in [9.17, 15) is 4.79 Å². The summed E-state index contributed by atoms with van der Waals surface area (Å²) in [6, 6.07) is 4.05. The van der Waals surface area contributed by atoms with Crippen LogP contribution in [0.2, 0.25) is 0 Å². The number of hydrogen-bond acceptors (Lipinski definition) is 3. The van der Waals surface area contributed by atoms with Crippen molar-refractivity contribution in [2.24, 2.45) is 0 Å². The predicted molar refractivity (Wildman–Crippen MR) is 57.9 cm³/mol. The van der Waals surface area contributed by atoms with E-state index < -0.39 is 0 Å². The van der Waals surface area contributed by atoms with Crippen molar-refractivity contribution in [3.8, 4) is 0 Å². The number of hydrogen-bond donors (Lipinski definition) is 1. The normalized spacial score (nSPS) is 14.5. The molecule has 0 spiro atoms. The third-order valence-electron chi connectivity index (χ3n) is 2.84. The Kier molecular flexibility index (Phi) is 2.73. The van der Waals surface area contributed by atoms with Gasteiger partial charge in [-0.2, -0.15) is 0 Å². The van der Waals surface area contributed by atoms with Gasteiger partial charge in [0.1, 0.15) is 0 Å². The smallest absolute Gasteiger partial charge is 0.338 e. The molecule has 3 nitrogen and oxygen atoms in total. The Bertz CT molecular complexity index is 399. The fraction of sp³-hybridized carbons (Fsp3) is 0.417. The molecule has 0 aromatic heterocycles. The van der Waals surface area contributed by atoms with Crippen LogP contribution in [0.4, 0.5) is 0 Å². The van der Waals surface area contributed by atoms with E-state index in [1.165, 1.54) is 18.2 Å². The number of ether oxygens (including phenoxy) is 1. The van der Waals surface area contributed by atoms with Gasteiger partial charge in [-0.3, -0.25) is 0 Å². The summed E-state index contributed by atoms with van der Waals surface area (Å²) in [7, 11) is 1.42. The fourth-order valence-corrected chi connectivity index (χ4v) is 1.99. The SMILES string of the molecule is COC(=O)c1cc2c(cc1C)CNCC2. The number of esters is 1. The molecule has 0 unspecified atom stereocenters. The first kappa shape index (κ1) is 10.2. The van der Waals surface area contributed by atoms with Crippen molar-refractivity contribution < 1.29 is 9.53 Å². The standard InChI is InChI=1S/C12H15NO2/c1-8-5-10-7-13-4-3-9(10)6-11(8)12(14)15-2/h5-6,13H,3-4,7H2,1-2H3. The summed E-state index contributed by atoms with van der Waals surface area (Å²) in [6.45, 7) is 3.83. The highest BCUT2D eigenvalue weighted by atomic mass is 16.5. The van der Waals surface area contributed by atoms with E-state index >= 15 is 0 Å². The first-order valence-electron chi connectivity index (χ1n) is 5.14. The molecule has 1 aromatic rings. The Morgan fingerprint density at radius 2 is 2.20 bits per heavy atom. The zero-order valence-electron chi connectivity index (χ0n) is 9.09. The second kappa shape index (κ2) is 4.03. The van der Waals surface area contributed by atoms with Crippen molar-refractivity contribution in [2.75, 3.05) is 13.7 Å². The average Bonchev–Trinajstić information content (AvgIpc) is 2.27. The van der Waals surface area contributed by atoms with Gasteiger partial charge >= 0.3 is 5.97 Å². The summed E-state index contributed by atoms with van der Waals surface area (Å²) in [5.41, 5.74) is 4.24. The molecule has 0 atom stereocenters. The number of carbonyl (C=O) groups excluding carboxylic acids is 1. The lowest BCUT2D eigenvalue weighted by atomic mass is 9.95. The van der Waals surface area contributed by atoms with E-state index in [1.54, 1.807) is 0 Å². The van der Waals surface area contributed by atoms with Gasteiger partial charge < -0.3 is 10.1 Å². The molecular formula is C12H15NO2. The molecule has 80 valence electrons. The monoisotopic (exact) mass is 205 g/mol. The van der Waals surface area contributed by atoms with Gasteiger partial charge in [0.15, 0.2) is 0 Å². The Hall–Kier alpha value is -1.35. The van der Waals surface area contributed by atoms with Gasteiger partial charge in [0, 0.05) is 6.54 Å². The molecular weight excluding hydrogens is 190 g/mol. The molecule has 2 rings (SSSR count). The van der Waals surface area contributed by atoms with E-state index in [1.807, 2.05) is 13.0 Å². The highest BCUT2D eigenvalue weighted by Crippen LogP contribution is 2.20. The molecule has 0 radical (unpaired) electrons. The molecule has 3 heteroatoms. The number of benzene rings is 1. The van der Waals surface area contributed by atoms with Crippen molar-refractivity contribution in [1.29, 1.82) is 0 Å². The van der Waals surface area contributed by atoms with Crippen molar-refractivity contribution in [3.63, 3.8) is 0 Å². The van der Waals surface area contributed by atoms with Gasteiger partial charge in [-0.1, -0.05) is 6.07 Å². The topological polar surface area (TPSA) is 38.3 Å². The van der Waals surface area contributed by atoms with Crippen LogP contribution in [0.1, 0.15) is 27.0 Å². The lowest BCUT2D eigenvalue weighted by Crippen LogP contribution is -2.24. The van der Waals surface area contributed by atoms with Gasteiger partial charge in [-0.25, -0.2) is 4.79 Å². The molecule has 0 saturated heterocycles. The highest BCUT2D eigenvalue weighted by molar-refractivity contribution is 5.91. The van der Waals surface area contributed by atoms with Crippen LogP contribution in [0.3, 0.4) is 0 Å². The van der Waals surface area contributed by atoms with Crippen LogP contribution >= 0.6 is 0 Å². The molecule has 0 saturated carbocycles. The van der Waals surface area contributed by atoms with Crippen LogP contribution < -0.4 is 5.32 Å². The summed E-state index contributed by atoms with van der Waals surface area (Å²) >= 11 is 0. The molecule has 1 aliphatic heterocycles. The first-order chi connectivity index (χ1) is 7.22. The van der Waals surface area contributed by atoms with Gasteiger partial charge in [0.2, 0.25) is 0 Å². The minimum atomic E-state index is -0.242. The number of carbonyl (C=O) groups is 1. The Labute approximate surface area is 89.4 Å². The molecule has 0 fully saturated rings. The predicted octanol–water partition coefficient (Wildman–Crippen LogP) is 1.43. The number of methoxy groups -OCH3 is 1. The zero-order chi connectivity index (χ0) is 10.8.